The molecule has 0 aliphatic heterocycles. The molecule has 6 heteroatoms. The Labute approximate surface area is 168 Å². The standard InChI is InChI=1S/C21H19Cl2N3O/c1-2-18-19(23)21(26-13-25-18)24-12-11-14-3-5-15(6-4-14)20(27)16-7-9-17(22)10-8-16/h3-10,13H,2,11-12H2,1H3,(H,24,25,26). The van der Waals surface area contributed by atoms with E-state index < -0.39 is 0 Å². The van der Waals surface area contributed by atoms with Crippen molar-refractivity contribution < 1.29 is 4.79 Å². The minimum absolute atomic E-state index is 0.0174. The molecule has 1 heterocycles. The Morgan fingerprint density at radius 2 is 1.59 bits per heavy atom. The fraction of sp³-hybridized carbons (Fsp3) is 0.190. The smallest absolute Gasteiger partial charge is 0.193 e. The van der Waals surface area contributed by atoms with Crippen LogP contribution in [0.2, 0.25) is 10.0 Å². The highest BCUT2D eigenvalue weighted by atomic mass is 35.5. The van der Waals surface area contributed by atoms with E-state index in [9.17, 15) is 4.79 Å². The topological polar surface area (TPSA) is 54.9 Å². The van der Waals surface area contributed by atoms with Gasteiger partial charge in [0.1, 0.15) is 17.2 Å². The minimum atomic E-state index is -0.0174. The number of halogens is 2. The number of nitrogens with zero attached hydrogens (tertiary/aromatic N) is 2. The quantitative estimate of drug-likeness (QED) is 0.552. The van der Waals surface area contributed by atoms with E-state index in [1.165, 1.54) is 6.33 Å². The number of ketones is 1. The van der Waals surface area contributed by atoms with Crippen LogP contribution in [0.4, 0.5) is 5.82 Å². The first-order valence-electron chi connectivity index (χ1n) is 8.71. The number of anilines is 1. The van der Waals surface area contributed by atoms with Gasteiger partial charge in [-0.3, -0.25) is 4.79 Å². The summed E-state index contributed by atoms with van der Waals surface area (Å²) >= 11 is 12.2. The molecule has 4 nitrogen and oxygen atoms in total. The van der Waals surface area contributed by atoms with E-state index >= 15 is 0 Å². The molecule has 0 bridgehead atoms. The van der Waals surface area contributed by atoms with Crippen molar-refractivity contribution in [2.75, 3.05) is 11.9 Å². The SMILES string of the molecule is CCc1ncnc(NCCc2ccc(C(=O)c3ccc(Cl)cc3)cc2)c1Cl. The number of rotatable bonds is 7. The number of carbonyl (C=O) groups is 1. The normalized spacial score (nSPS) is 10.6. The zero-order valence-electron chi connectivity index (χ0n) is 14.9. The summed E-state index contributed by atoms with van der Waals surface area (Å²) < 4.78 is 0. The lowest BCUT2D eigenvalue weighted by molar-refractivity contribution is 0.103. The predicted molar refractivity (Wildman–Crippen MR) is 110 cm³/mol. The van der Waals surface area contributed by atoms with E-state index in [4.69, 9.17) is 23.2 Å². The van der Waals surface area contributed by atoms with Crippen LogP contribution in [-0.2, 0) is 12.8 Å². The number of aryl methyl sites for hydroxylation is 1. The fourth-order valence-corrected chi connectivity index (χ4v) is 3.12. The molecule has 0 saturated carbocycles. The van der Waals surface area contributed by atoms with Crippen molar-refractivity contribution in [2.45, 2.75) is 19.8 Å². The van der Waals surface area contributed by atoms with Gasteiger partial charge in [0, 0.05) is 22.7 Å². The second-order valence-electron chi connectivity index (χ2n) is 6.05. The van der Waals surface area contributed by atoms with E-state index in [0.717, 1.165) is 24.1 Å². The molecular weight excluding hydrogens is 381 g/mol. The summed E-state index contributed by atoms with van der Waals surface area (Å²) in [4.78, 5) is 20.8. The second kappa shape index (κ2) is 8.98. The average molecular weight is 400 g/mol. The third kappa shape index (κ3) is 4.85. The Kier molecular flexibility index (Phi) is 6.43. The molecule has 3 rings (SSSR count). The van der Waals surface area contributed by atoms with Crippen LogP contribution < -0.4 is 5.32 Å². The molecule has 1 aromatic heterocycles. The summed E-state index contributed by atoms with van der Waals surface area (Å²) in [7, 11) is 0. The number of carbonyl (C=O) groups excluding carboxylic acids is 1. The molecule has 0 aliphatic rings. The lowest BCUT2D eigenvalue weighted by atomic mass is 10.0. The highest BCUT2D eigenvalue weighted by molar-refractivity contribution is 6.33. The van der Waals surface area contributed by atoms with Crippen LogP contribution in [0.5, 0.6) is 0 Å². The Morgan fingerprint density at radius 1 is 0.963 bits per heavy atom. The molecule has 0 spiro atoms. The van der Waals surface area contributed by atoms with Crippen molar-refractivity contribution in [3.8, 4) is 0 Å². The molecule has 0 saturated heterocycles. The maximum Gasteiger partial charge on any atom is 0.193 e. The van der Waals surface area contributed by atoms with Crippen LogP contribution in [0.3, 0.4) is 0 Å². The van der Waals surface area contributed by atoms with Gasteiger partial charge >= 0.3 is 0 Å². The largest absolute Gasteiger partial charge is 0.368 e. The van der Waals surface area contributed by atoms with E-state index in [1.807, 2.05) is 31.2 Å². The number of benzene rings is 2. The number of hydrogen-bond acceptors (Lipinski definition) is 4. The highest BCUT2D eigenvalue weighted by Crippen LogP contribution is 2.22. The minimum Gasteiger partial charge on any atom is -0.368 e. The Balaban J connectivity index is 1.59. The molecule has 0 amide bonds. The summed E-state index contributed by atoms with van der Waals surface area (Å²) in [5, 5.41) is 4.43. The van der Waals surface area contributed by atoms with Crippen LogP contribution in [0.1, 0.15) is 34.1 Å². The fourth-order valence-electron chi connectivity index (χ4n) is 2.69. The van der Waals surface area contributed by atoms with Crippen LogP contribution in [0.25, 0.3) is 0 Å². The van der Waals surface area contributed by atoms with Crippen molar-refractivity contribution in [3.63, 3.8) is 0 Å². The van der Waals surface area contributed by atoms with Crippen molar-refractivity contribution >= 4 is 34.8 Å². The van der Waals surface area contributed by atoms with Crippen LogP contribution in [0.15, 0.2) is 54.9 Å². The van der Waals surface area contributed by atoms with Gasteiger partial charge in [0.05, 0.1) is 5.69 Å². The molecular formula is C21H19Cl2N3O. The van der Waals surface area contributed by atoms with E-state index in [1.54, 1.807) is 24.3 Å². The molecule has 0 unspecified atom stereocenters. The first kappa shape index (κ1) is 19.3. The van der Waals surface area contributed by atoms with Crippen molar-refractivity contribution in [2.24, 2.45) is 0 Å². The van der Waals surface area contributed by atoms with Crippen LogP contribution >= 0.6 is 23.2 Å². The second-order valence-corrected chi connectivity index (χ2v) is 6.86. The maximum absolute atomic E-state index is 12.5. The Morgan fingerprint density at radius 3 is 2.22 bits per heavy atom. The first-order valence-corrected chi connectivity index (χ1v) is 9.46. The lowest BCUT2D eigenvalue weighted by Crippen LogP contribution is -2.08. The van der Waals surface area contributed by atoms with Gasteiger partial charge in [0.15, 0.2) is 5.78 Å². The van der Waals surface area contributed by atoms with Gasteiger partial charge in [-0.2, -0.15) is 0 Å². The number of hydrogen-bond donors (Lipinski definition) is 1. The van der Waals surface area contributed by atoms with Gasteiger partial charge in [-0.1, -0.05) is 54.4 Å². The summed E-state index contributed by atoms with van der Waals surface area (Å²) in [6, 6.07) is 14.5. The molecule has 1 N–H and O–H groups in total. The van der Waals surface area contributed by atoms with E-state index in [0.29, 0.717) is 33.5 Å². The average Bonchev–Trinajstić information content (AvgIpc) is 2.70. The Bertz CT molecular complexity index is 925. The van der Waals surface area contributed by atoms with E-state index in [2.05, 4.69) is 15.3 Å². The van der Waals surface area contributed by atoms with Gasteiger partial charge in [-0.15, -0.1) is 0 Å². The third-order valence-corrected chi connectivity index (χ3v) is 4.87. The van der Waals surface area contributed by atoms with Gasteiger partial charge in [0.25, 0.3) is 0 Å². The maximum atomic E-state index is 12.5. The zero-order chi connectivity index (χ0) is 19.2. The van der Waals surface area contributed by atoms with Gasteiger partial charge in [-0.05, 0) is 42.7 Å². The summed E-state index contributed by atoms with van der Waals surface area (Å²) in [6.45, 7) is 2.69. The monoisotopic (exact) mass is 399 g/mol. The molecule has 3 aromatic rings. The van der Waals surface area contributed by atoms with Crippen molar-refractivity contribution in [1.29, 1.82) is 0 Å². The summed E-state index contributed by atoms with van der Waals surface area (Å²) in [6.07, 6.45) is 3.07. The van der Waals surface area contributed by atoms with Crippen molar-refractivity contribution in [1.82, 2.24) is 9.97 Å². The Hall–Kier alpha value is -2.43. The summed E-state index contributed by atoms with van der Waals surface area (Å²) in [5.41, 5.74) is 3.23. The zero-order valence-corrected chi connectivity index (χ0v) is 16.4. The first-order chi connectivity index (χ1) is 13.1. The van der Waals surface area contributed by atoms with E-state index in [-0.39, 0.29) is 5.78 Å². The van der Waals surface area contributed by atoms with Crippen LogP contribution in [0, 0.1) is 0 Å². The van der Waals surface area contributed by atoms with Gasteiger partial charge < -0.3 is 5.32 Å². The van der Waals surface area contributed by atoms with Crippen molar-refractivity contribution in [3.05, 3.63) is 87.3 Å². The molecule has 0 fully saturated rings. The molecule has 0 radical (unpaired) electrons. The molecule has 138 valence electrons. The third-order valence-electron chi connectivity index (χ3n) is 4.23. The highest BCUT2D eigenvalue weighted by Gasteiger charge is 2.09. The molecule has 0 atom stereocenters. The lowest BCUT2D eigenvalue weighted by Gasteiger charge is -2.09. The number of aromatic nitrogens is 2. The van der Waals surface area contributed by atoms with Crippen LogP contribution in [-0.4, -0.2) is 22.3 Å². The number of nitrogens with one attached hydrogen (secondary N) is 1. The summed E-state index contributed by atoms with van der Waals surface area (Å²) in [5.74, 6) is 0.634. The van der Waals surface area contributed by atoms with Gasteiger partial charge in [0.2, 0.25) is 0 Å². The molecule has 2 aromatic carbocycles. The molecule has 0 aliphatic carbocycles. The predicted octanol–water partition coefficient (Wildman–Crippen LogP) is 5.23. The molecule has 27 heavy (non-hydrogen) atoms. The van der Waals surface area contributed by atoms with Gasteiger partial charge in [-0.25, -0.2) is 9.97 Å².